The van der Waals surface area contributed by atoms with Crippen LogP contribution in [-0.4, -0.2) is 38.6 Å². The molecule has 2 aromatic rings. The Morgan fingerprint density at radius 2 is 1.84 bits per heavy atom. The third-order valence-corrected chi connectivity index (χ3v) is 5.08. The third kappa shape index (κ3) is 4.72. The number of imide groups is 1. The number of ether oxygens (including phenoxy) is 3. The summed E-state index contributed by atoms with van der Waals surface area (Å²) in [5, 5.41) is 0.413. The molecule has 162 valence electrons. The van der Waals surface area contributed by atoms with E-state index in [1.807, 2.05) is 0 Å². The van der Waals surface area contributed by atoms with Gasteiger partial charge in [-0.2, -0.15) is 0 Å². The summed E-state index contributed by atoms with van der Waals surface area (Å²) in [7, 11) is 3.05. The van der Waals surface area contributed by atoms with Gasteiger partial charge < -0.3 is 14.2 Å². The molecule has 2 amide bonds. The molecule has 0 radical (unpaired) electrons. The van der Waals surface area contributed by atoms with E-state index >= 15 is 0 Å². The summed E-state index contributed by atoms with van der Waals surface area (Å²) in [6, 6.07) is 9.99. The quantitative estimate of drug-likeness (QED) is 0.475. The fourth-order valence-electron chi connectivity index (χ4n) is 3.43. The average Bonchev–Trinajstić information content (AvgIpc) is 3.02. The standard InChI is InChI=1S/C23H22ClNO6/c1-4-31-22(27)13-17-16-12-15(24)7-8-18(16)25(23(17)28)21(26)10-6-14-5-9-19(29-2)20(11-14)30-3/h5-12,17H,4,13H2,1-3H3. The molecule has 1 aliphatic rings. The number of amides is 2. The van der Waals surface area contributed by atoms with Gasteiger partial charge in [-0.1, -0.05) is 17.7 Å². The van der Waals surface area contributed by atoms with Crippen LogP contribution in [0.5, 0.6) is 11.5 Å². The molecule has 0 saturated carbocycles. The minimum atomic E-state index is -0.828. The summed E-state index contributed by atoms with van der Waals surface area (Å²) >= 11 is 6.09. The molecule has 3 rings (SSSR count). The molecule has 0 spiro atoms. The molecule has 0 aromatic heterocycles. The second-order valence-electron chi connectivity index (χ2n) is 6.72. The van der Waals surface area contributed by atoms with Crippen LogP contribution in [0.1, 0.15) is 30.4 Å². The number of nitrogens with zero attached hydrogens (tertiary/aromatic N) is 1. The molecule has 2 aromatic carbocycles. The minimum Gasteiger partial charge on any atom is -0.493 e. The number of rotatable bonds is 7. The Balaban J connectivity index is 1.88. The lowest BCUT2D eigenvalue weighted by atomic mass is 9.97. The molecule has 1 unspecified atom stereocenters. The van der Waals surface area contributed by atoms with Gasteiger partial charge in [-0.15, -0.1) is 0 Å². The number of anilines is 1. The van der Waals surface area contributed by atoms with Crippen LogP contribution >= 0.6 is 11.6 Å². The van der Waals surface area contributed by atoms with E-state index in [0.29, 0.717) is 33.3 Å². The van der Waals surface area contributed by atoms with E-state index < -0.39 is 23.7 Å². The largest absolute Gasteiger partial charge is 0.493 e. The average molecular weight is 444 g/mol. The molecule has 0 bridgehead atoms. The number of hydrogen-bond acceptors (Lipinski definition) is 6. The van der Waals surface area contributed by atoms with Gasteiger partial charge in [0.25, 0.3) is 5.91 Å². The molecular weight excluding hydrogens is 422 g/mol. The zero-order valence-corrected chi connectivity index (χ0v) is 18.1. The smallest absolute Gasteiger partial charge is 0.306 e. The van der Waals surface area contributed by atoms with Crippen LogP contribution in [0.4, 0.5) is 5.69 Å². The van der Waals surface area contributed by atoms with Crippen molar-refractivity contribution in [3.63, 3.8) is 0 Å². The maximum absolute atomic E-state index is 13.0. The number of fused-ring (bicyclic) bond motifs is 1. The van der Waals surface area contributed by atoms with Gasteiger partial charge in [-0.05, 0) is 54.5 Å². The van der Waals surface area contributed by atoms with Gasteiger partial charge in [-0.3, -0.25) is 14.4 Å². The van der Waals surface area contributed by atoms with Crippen molar-refractivity contribution in [3.05, 3.63) is 58.6 Å². The summed E-state index contributed by atoms with van der Waals surface area (Å²) in [5.41, 5.74) is 1.63. The predicted octanol–water partition coefficient (Wildman–Crippen LogP) is 3.98. The minimum absolute atomic E-state index is 0.164. The lowest BCUT2D eigenvalue weighted by Gasteiger charge is -2.14. The van der Waals surface area contributed by atoms with Crippen LogP contribution in [-0.2, 0) is 19.1 Å². The van der Waals surface area contributed by atoms with Crippen molar-refractivity contribution in [1.29, 1.82) is 0 Å². The first kappa shape index (κ1) is 22.4. The SMILES string of the molecule is CCOC(=O)CC1C(=O)N(C(=O)C=Cc2ccc(OC)c(OC)c2)c2ccc(Cl)cc21. The summed E-state index contributed by atoms with van der Waals surface area (Å²) in [6.07, 6.45) is 2.71. The van der Waals surface area contributed by atoms with Gasteiger partial charge in [0.2, 0.25) is 5.91 Å². The zero-order chi connectivity index (χ0) is 22.5. The van der Waals surface area contributed by atoms with E-state index in [-0.39, 0.29) is 13.0 Å². The number of halogens is 1. The van der Waals surface area contributed by atoms with Crippen LogP contribution in [0, 0.1) is 0 Å². The molecule has 7 nitrogen and oxygen atoms in total. The zero-order valence-electron chi connectivity index (χ0n) is 17.4. The second-order valence-corrected chi connectivity index (χ2v) is 7.16. The van der Waals surface area contributed by atoms with Gasteiger partial charge >= 0.3 is 5.97 Å². The number of hydrogen-bond donors (Lipinski definition) is 0. The van der Waals surface area contributed by atoms with Crippen molar-refractivity contribution in [2.24, 2.45) is 0 Å². The molecule has 31 heavy (non-hydrogen) atoms. The van der Waals surface area contributed by atoms with Crippen LogP contribution < -0.4 is 14.4 Å². The van der Waals surface area contributed by atoms with Gasteiger partial charge in [0.15, 0.2) is 11.5 Å². The van der Waals surface area contributed by atoms with E-state index in [4.69, 9.17) is 25.8 Å². The van der Waals surface area contributed by atoms with Crippen molar-refractivity contribution in [3.8, 4) is 11.5 Å². The maximum Gasteiger partial charge on any atom is 0.306 e. The van der Waals surface area contributed by atoms with Gasteiger partial charge in [-0.25, -0.2) is 4.90 Å². The van der Waals surface area contributed by atoms with E-state index in [2.05, 4.69) is 0 Å². The van der Waals surface area contributed by atoms with Crippen LogP contribution in [0.2, 0.25) is 5.02 Å². The summed E-state index contributed by atoms with van der Waals surface area (Å²) in [5.74, 6) is -1.28. The van der Waals surface area contributed by atoms with Crippen molar-refractivity contribution in [1.82, 2.24) is 0 Å². The van der Waals surface area contributed by atoms with Gasteiger partial charge in [0, 0.05) is 11.1 Å². The highest BCUT2D eigenvalue weighted by Gasteiger charge is 2.41. The third-order valence-electron chi connectivity index (χ3n) is 4.85. The Morgan fingerprint density at radius 1 is 1.10 bits per heavy atom. The van der Waals surface area contributed by atoms with Crippen molar-refractivity contribution < 1.29 is 28.6 Å². The maximum atomic E-state index is 13.0. The van der Waals surface area contributed by atoms with Crippen molar-refractivity contribution in [2.75, 3.05) is 25.7 Å². The number of carbonyl (C=O) groups is 3. The summed E-state index contributed by atoms with van der Waals surface area (Å²) in [6.45, 7) is 1.90. The molecule has 0 saturated heterocycles. The fraction of sp³-hybridized carbons (Fsp3) is 0.261. The van der Waals surface area contributed by atoms with Crippen LogP contribution in [0.15, 0.2) is 42.5 Å². The van der Waals surface area contributed by atoms with E-state index in [0.717, 1.165) is 4.90 Å². The van der Waals surface area contributed by atoms with Crippen molar-refractivity contribution >= 4 is 41.1 Å². The molecule has 1 heterocycles. The lowest BCUT2D eigenvalue weighted by molar-refractivity contribution is -0.145. The molecule has 0 aliphatic carbocycles. The number of methoxy groups -OCH3 is 2. The molecule has 8 heteroatoms. The van der Waals surface area contributed by atoms with E-state index in [1.54, 1.807) is 49.4 Å². The van der Waals surface area contributed by atoms with Gasteiger partial charge in [0.1, 0.15) is 0 Å². The van der Waals surface area contributed by atoms with E-state index in [9.17, 15) is 14.4 Å². The van der Waals surface area contributed by atoms with Crippen molar-refractivity contribution in [2.45, 2.75) is 19.3 Å². The number of carbonyl (C=O) groups excluding carboxylic acids is 3. The van der Waals surface area contributed by atoms with Gasteiger partial charge in [0.05, 0.1) is 38.9 Å². The first-order valence-electron chi connectivity index (χ1n) is 9.62. The molecule has 0 fully saturated rings. The normalized spacial score (nSPS) is 15.2. The van der Waals surface area contributed by atoms with Crippen LogP contribution in [0.25, 0.3) is 6.08 Å². The number of esters is 1. The van der Waals surface area contributed by atoms with Crippen LogP contribution in [0.3, 0.4) is 0 Å². The molecule has 1 atom stereocenters. The highest BCUT2D eigenvalue weighted by Crippen LogP contribution is 2.41. The Bertz CT molecular complexity index is 1050. The Hall–Kier alpha value is -3.32. The lowest BCUT2D eigenvalue weighted by Crippen LogP contribution is -2.34. The monoisotopic (exact) mass is 443 g/mol. The first-order valence-corrected chi connectivity index (χ1v) is 10.0. The van der Waals surface area contributed by atoms with E-state index in [1.165, 1.54) is 20.3 Å². The molecule has 0 N–H and O–H groups in total. The Labute approximate surface area is 185 Å². The molecule has 1 aliphatic heterocycles. The Morgan fingerprint density at radius 3 is 2.52 bits per heavy atom. The summed E-state index contributed by atoms with van der Waals surface area (Å²) in [4.78, 5) is 39.0. The topological polar surface area (TPSA) is 82.1 Å². The summed E-state index contributed by atoms with van der Waals surface area (Å²) < 4.78 is 15.4. The highest BCUT2D eigenvalue weighted by molar-refractivity contribution is 6.31. The second kappa shape index (κ2) is 9.66. The number of benzene rings is 2. The predicted molar refractivity (Wildman–Crippen MR) is 117 cm³/mol. The Kier molecular flexibility index (Phi) is 6.97. The highest BCUT2D eigenvalue weighted by atomic mass is 35.5. The first-order chi connectivity index (χ1) is 14.9. The molecular formula is C23H22ClNO6. The fourth-order valence-corrected chi connectivity index (χ4v) is 3.61.